The van der Waals surface area contributed by atoms with Crippen molar-refractivity contribution < 1.29 is 9.47 Å². The van der Waals surface area contributed by atoms with E-state index < -0.39 is 0 Å². The molecule has 2 aromatic rings. The first-order valence-corrected chi connectivity index (χ1v) is 10.0. The Morgan fingerprint density at radius 1 is 1.00 bits per heavy atom. The molecule has 0 saturated carbocycles. The van der Waals surface area contributed by atoms with Crippen molar-refractivity contribution in [2.45, 2.75) is 39.0 Å². The van der Waals surface area contributed by atoms with Gasteiger partial charge in [0.2, 0.25) is 5.95 Å². The van der Waals surface area contributed by atoms with E-state index in [0.717, 1.165) is 36.0 Å². The lowest BCUT2D eigenvalue weighted by Crippen LogP contribution is -2.15. The molecule has 1 aromatic heterocycles. The van der Waals surface area contributed by atoms with Gasteiger partial charge in [0, 0.05) is 18.3 Å². The summed E-state index contributed by atoms with van der Waals surface area (Å²) in [5.41, 5.74) is 2.51. The van der Waals surface area contributed by atoms with Crippen molar-refractivity contribution in [2.75, 3.05) is 37.4 Å². The third-order valence-corrected chi connectivity index (χ3v) is 4.70. The van der Waals surface area contributed by atoms with Crippen LogP contribution in [0.2, 0.25) is 0 Å². The van der Waals surface area contributed by atoms with Gasteiger partial charge in [-0.25, -0.2) is 4.98 Å². The minimum atomic E-state index is 0.528. The summed E-state index contributed by atoms with van der Waals surface area (Å²) in [7, 11) is 1.65. The van der Waals surface area contributed by atoms with Crippen LogP contribution < -0.4 is 20.1 Å². The zero-order valence-corrected chi connectivity index (χ0v) is 16.8. The monoisotopic (exact) mass is 382 g/mol. The number of anilines is 2. The van der Waals surface area contributed by atoms with Crippen LogP contribution in [0.15, 0.2) is 42.0 Å². The van der Waals surface area contributed by atoms with E-state index in [9.17, 15) is 0 Å². The number of rotatable bonds is 10. The molecule has 1 aliphatic rings. The van der Waals surface area contributed by atoms with Crippen LogP contribution in [0, 0.1) is 6.92 Å². The lowest BCUT2D eigenvalue weighted by atomic mass is 9.97. The molecule has 1 aromatic carbocycles. The molecular weight excluding hydrogens is 352 g/mol. The molecule has 2 N–H and O–H groups in total. The van der Waals surface area contributed by atoms with Gasteiger partial charge < -0.3 is 20.1 Å². The lowest BCUT2D eigenvalue weighted by Gasteiger charge is -2.14. The molecule has 0 fully saturated rings. The summed E-state index contributed by atoms with van der Waals surface area (Å²) in [6, 6.07) is 9.54. The number of aryl methyl sites for hydroxylation is 1. The molecular formula is C22H30N4O2. The van der Waals surface area contributed by atoms with E-state index in [4.69, 9.17) is 9.47 Å². The summed E-state index contributed by atoms with van der Waals surface area (Å²) < 4.78 is 10.9. The van der Waals surface area contributed by atoms with Crippen molar-refractivity contribution in [1.29, 1.82) is 0 Å². The molecule has 3 rings (SSSR count). The summed E-state index contributed by atoms with van der Waals surface area (Å²) in [5.74, 6) is 3.12. The second kappa shape index (κ2) is 10.5. The molecule has 6 heteroatoms. The average Bonchev–Trinajstić information content (AvgIpc) is 2.72. The summed E-state index contributed by atoms with van der Waals surface area (Å²) in [5, 5.41) is 6.66. The number of benzene rings is 1. The van der Waals surface area contributed by atoms with E-state index in [1.54, 1.807) is 12.7 Å². The molecule has 1 heterocycles. The standard InChI is InChI=1S/C22H30N4O2/c1-17-16-21(23-13-12-18-6-4-3-5-7-18)26-22(25-17)24-14-15-28-20-10-8-19(27-2)9-11-20/h6,8-11,16H,3-5,7,12-15H2,1-2H3,(H2,23,24,25,26). The summed E-state index contributed by atoms with van der Waals surface area (Å²) in [4.78, 5) is 9.01. The maximum Gasteiger partial charge on any atom is 0.224 e. The fourth-order valence-corrected chi connectivity index (χ4v) is 3.22. The Bertz CT molecular complexity index is 775. The van der Waals surface area contributed by atoms with Gasteiger partial charge in [0.05, 0.1) is 13.7 Å². The van der Waals surface area contributed by atoms with Gasteiger partial charge in [-0.15, -0.1) is 0 Å². The van der Waals surface area contributed by atoms with E-state index in [1.165, 1.54) is 25.7 Å². The molecule has 0 aliphatic heterocycles. The van der Waals surface area contributed by atoms with E-state index in [0.29, 0.717) is 19.1 Å². The highest BCUT2D eigenvalue weighted by molar-refractivity contribution is 5.42. The Labute approximate surface area is 167 Å². The second-order valence-electron chi connectivity index (χ2n) is 6.95. The van der Waals surface area contributed by atoms with Crippen LogP contribution in [-0.4, -0.2) is 36.8 Å². The van der Waals surface area contributed by atoms with Crippen molar-refractivity contribution in [3.8, 4) is 11.5 Å². The Hall–Kier alpha value is -2.76. The largest absolute Gasteiger partial charge is 0.497 e. The van der Waals surface area contributed by atoms with Crippen molar-refractivity contribution in [3.63, 3.8) is 0 Å². The quantitative estimate of drug-likeness (QED) is 0.463. The van der Waals surface area contributed by atoms with Crippen molar-refractivity contribution in [1.82, 2.24) is 9.97 Å². The highest BCUT2D eigenvalue weighted by Gasteiger charge is 2.05. The number of allylic oxidation sites excluding steroid dienone is 1. The van der Waals surface area contributed by atoms with Gasteiger partial charge in [-0.05, 0) is 63.3 Å². The number of hydrogen-bond donors (Lipinski definition) is 2. The Morgan fingerprint density at radius 2 is 1.82 bits per heavy atom. The summed E-state index contributed by atoms with van der Waals surface area (Å²) in [6.07, 6.45) is 8.61. The predicted octanol–water partition coefficient (Wildman–Crippen LogP) is 4.59. The minimum absolute atomic E-state index is 0.528. The number of nitrogens with one attached hydrogen (secondary N) is 2. The fraction of sp³-hybridized carbons (Fsp3) is 0.455. The Kier molecular flexibility index (Phi) is 7.53. The zero-order valence-electron chi connectivity index (χ0n) is 16.8. The van der Waals surface area contributed by atoms with E-state index in [2.05, 4.69) is 26.7 Å². The predicted molar refractivity (Wildman–Crippen MR) is 113 cm³/mol. The minimum Gasteiger partial charge on any atom is -0.497 e. The summed E-state index contributed by atoms with van der Waals surface area (Å²) >= 11 is 0. The SMILES string of the molecule is COc1ccc(OCCNc2nc(C)cc(NCCC3=CCCCC3)n2)cc1. The zero-order chi connectivity index (χ0) is 19.6. The van der Waals surface area contributed by atoms with Crippen LogP contribution in [0.1, 0.15) is 37.8 Å². The number of aromatic nitrogens is 2. The van der Waals surface area contributed by atoms with Crippen molar-refractivity contribution >= 4 is 11.8 Å². The van der Waals surface area contributed by atoms with Crippen LogP contribution in [0.3, 0.4) is 0 Å². The van der Waals surface area contributed by atoms with Gasteiger partial charge in [0.15, 0.2) is 0 Å². The van der Waals surface area contributed by atoms with E-state index >= 15 is 0 Å². The number of methoxy groups -OCH3 is 1. The normalized spacial score (nSPS) is 13.6. The van der Waals surface area contributed by atoms with Gasteiger partial charge in [-0.3, -0.25) is 0 Å². The van der Waals surface area contributed by atoms with Gasteiger partial charge in [-0.1, -0.05) is 11.6 Å². The smallest absolute Gasteiger partial charge is 0.224 e. The molecule has 6 nitrogen and oxygen atoms in total. The second-order valence-corrected chi connectivity index (χ2v) is 6.95. The van der Waals surface area contributed by atoms with Crippen molar-refractivity contribution in [2.24, 2.45) is 0 Å². The molecule has 0 atom stereocenters. The molecule has 28 heavy (non-hydrogen) atoms. The molecule has 0 saturated heterocycles. The topological polar surface area (TPSA) is 68.3 Å². The van der Waals surface area contributed by atoms with Gasteiger partial charge >= 0.3 is 0 Å². The van der Waals surface area contributed by atoms with Crippen LogP contribution in [0.4, 0.5) is 11.8 Å². The average molecular weight is 383 g/mol. The van der Waals surface area contributed by atoms with Crippen LogP contribution in [0.5, 0.6) is 11.5 Å². The molecule has 1 aliphatic carbocycles. The van der Waals surface area contributed by atoms with Crippen LogP contribution >= 0.6 is 0 Å². The number of nitrogens with zero attached hydrogens (tertiary/aromatic N) is 2. The molecule has 0 radical (unpaired) electrons. The Morgan fingerprint density at radius 3 is 2.57 bits per heavy atom. The van der Waals surface area contributed by atoms with Crippen LogP contribution in [0.25, 0.3) is 0 Å². The first kappa shape index (κ1) is 20.0. The number of hydrogen-bond acceptors (Lipinski definition) is 6. The maximum atomic E-state index is 5.72. The molecule has 0 bridgehead atoms. The number of ether oxygens (including phenoxy) is 2. The molecule has 0 unspecified atom stereocenters. The lowest BCUT2D eigenvalue weighted by molar-refractivity contribution is 0.331. The van der Waals surface area contributed by atoms with Gasteiger partial charge in [-0.2, -0.15) is 4.98 Å². The van der Waals surface area contributed by atoms with Gasteiger partial charge in [0.1, 0.15) is 23.9 Å². The fourth-order valence-electron chi connectivity index (χ4n) is 3.22. The third-order valence-electron chi connectivity index (χ3n) is 4.70. The van der Waals surface area contributed by atoms with E-state index in [-0.39, 0.29) is 0 Å². The van der Waals surface area contributed by atoms with Crippen molar-refractivity contribution in [3.05, 3.63) is 47.7 Å². The molecule has 150 valence electrons. The Balaban J connectivity index is 1.42. The maximum absolute atomic E-state index is 5.72. The first-order valence-electron chi connectivity index (χ1n) is 10.0. The van der Waals surface area contributed by atoms with Gasteiger partial charge in [0.25, 0.3) is 0 Å². The molecule has 0 spiro atoms. The summed E-state index contributed by atoms with van der Waals surface area (Å²) in [6.45, 7) is 4.04. The van der Waals surface area contributed by atoms with E-state index in [1.807, 2.05) is 37.3 Å². The third kappa shape index (κ3) is 6.44. The van der Waals surface area contributed by atoms with Crippen LogP contribution in [-0.2, 0) is 0 Å². The first-order chi connectivity index (χ1) is 13.7. The molecule has 0 amide bonds. The highest BCUT2D eigenvalue weighted by Crippen LogP contribution is 2.20. The highest BCUT2D eigenvalue weighted by atomic mass is 16.5.